The van der Waals surface area contributed by atoms with Gasteiger partial charge >= 0.3 is 0 Å². The van der Waals surface area contributed by atoms with Crippen LogP contribution in [0.1, 0.15) is 30.5 Å². The Balaban J connectivity index is 2.15. The van der Waals surface area contributed by atoms with Crippen molar-refractivity contribution in [2.75, 3.05) is 0 Å². The minimum absolute atomic E-state index is 0.108. The first-order valence-corrected chi connectivity index (χ1v) is 6.94. The number of benzene rings is 1. The predicted octanol–water partition coefficient (Wildman–Crippen LogP) is 2.83. The number of rotatable bonds is 6. The van der Waals surface area contributed by atoms with Gasteiger partial charge < -0.3 is 0 Å². The molecular formula is C14H18ClFN4. The van der Waals surface area contributed by atoms with Crippen LogP contribution in [0.15, 0.2) is 30.6 Å². The first-order valence-electron chi connectivity index (χ1n) is 6.56. The Bertz CT molecular complexity index is 570. The van der Waals surface area contributed by atoms with Gasteiger partial charge in [0.1, 0.15) is 5.82 Å². The summed E-state index contributed by atoms with van der Waals surface area (Å²) in [6.45, 7) is 2.97. The summed E-state index contributed by atoms with van der Waals surface area (Å²) in [5.74, 6) is 5.27. The summed E-state index contributed by atoms with van der Waals surface area (Å²) < 4.78 is 14.9. The largest absolute Gasteiger partial charge is 0.272 e. The van der Waals surface area contributed by atoms with Crippen molar-refractivity contribution in [3.63, 3.8) is 0 Å². The summed E-state index contributed by atoms with van der Waals surface area (Å²) >= 11 is 6.04. The molecule has 4 nitrogen and oxygen atoms in total. The van der Waals surface area contributed by atoms with Gasteiger partial charge in [-0.05, 0) is 30.5 Å². The molecule has 1 unspecified atom stereocenters. The van der Waals surface area contributed by atoms with Crippen molar-refractivity contribution >= 4 is 11.6 Å². The summed E-state index contributed by atoms with van der Waals surface area (Å²) in [7, 11) is 0. The number of nitrogens with one attached hydrogen (secondary N) is 1. The minimum Gasteiger partial charge on any atom is -0.272 e. The molecule has 0 amide bonds. The molecule has 0 fully saturated rings. The number of aromatic nitrogens is 2. The van der Waals surface area contributed by atoms with E-state index in [1.807, 2.05) is 10.9 Å². The van der Waals surface area contributed by atoms with Crippen molar-refractivity contribution in [3.05, 3.63) is 52.6 Å². The standard InChI is InChI=1S/C14H18ClFN4/c1-2-5-20-9-11(8-18-20)14(19-17)6-10-3-4-12(16)7-13(10)15/h3-4,7-9,14,19H,2,5-6,17H2,1H3. The lowest BCUT2D eigenvalue weighted by Gasteiger charge is -2.15. The van der Waals surface area contributed by atoms with Crippen molar-refractivity contribution in [1.29, 1.82) is 0 Å². The number of hydrazine groups is 1. The molecule has 108 valence electrons. The second kappa shape index (κ2) is 6.83. The van der Waals surface area contributed by atoms with Gasteiger partial charge in [0.15, 0.2) is 0 Å². The van der Waals surface area contributed by atoms with Crippen molar-refractivity contribution in [3.8, 4) is 0 Å². The summed E-state index contributed by atoms with van der Waals surface area (Å²) in [5.41, 5.74) is 4.59. The lowest BCUT2D eigenvalue weighted by atomic mass is 10.0. The Kier molecular flexibility index (Phi) is 5.11. The molecule has 0 saturated heterocycles. The van der Waals surface area contributed by atoms with Crippen molar-refractivity contribution in [2.45, 2.75) is 32.4 Å². The van der Waals surface area contributed by atoms with E-state index in [4.69, 9.17) is 17.4 Å². The molecule has 0 saturated carbocycles. The van der Waals surface area contributed by atoms with E-state index < -0.39 is 0 Å². The van der Waals surface area contributed by atoms with Crippen LogP contribution >= 0.6 is 11.6 Å². The van der Waals surface area contributed by atoms with E-state index in [0.717, 1.165) is 24.1 Å². The first-order chi connectivity index (χ1) is 9.63. The molecule has 20 heavy (non-hydrogen) atoms. The average Bonchev–Trinajstić information content (AvgIpc) is 2.87. The molecule has 6 heteroatoms. The summed E-state index contributed by atoms with van der Waals surface area (Å²) in [6, 6.07) is 4.28. The normalized spacial score (nSPS) is 12.6. The van der Waals surface area contributed by atoms with Crippen LogP contribution in [0.3, 0.4) is 0 Å². The van der Waals surface area contributed by atoms with Crippen molar-refractivity contribution in [1.82, 2.24) is 15.2 Å². The zero-order valence-corrected chi connectivity index (χ0v) is 12.1. The number of nitrogens with two attached hydrogens (primary N) is 1. The number of nitrogens with zero attached hydrogens (tertiary/aromatic N) is 2. The highest BCUT2D eigenvalue weighted by Gasteiger charge is 2.14. The van der Waals surface area contributed by atoms with E-state index in [-0.39, 0.29) is 11.9 Å². The van der Waals surface area contributed by atoms with Crippen molar-refractivity contribution < 1.29 is 4.39 Å². The molecule has 2 rings (SSSR count). The fourth-order valence-electron chi connectivity index (χ4n) is 2.09. The zero-order valence-electron chi connectivity index (χ0n) is 11.3. The quantitative estimate of drug-likeness (QED) is 0.636. The maximum atomic E-state index is 13.0. The van der Waals surface area contributed by atoms with Crippen LogP contribution in [0.2, 0.25) is 5.02 Å². The lowest BCUT2D eigenvalue weighted by Crippen LogP contribution is -2.29. The molecule has 0 aliphatic heterocycles. The Morgan fingerprint density at radius 1 is 1.50 bits per heavy atom. The van der Waals surface area contributed by atoms with Crippen LogP contribution in [0.25, 0.3) is 0 Å². The predicted molar refractivity (Wildman–Crippen MR) is 77.7 cm³/mol. The van der Waals surface area contributed by atoms with Gasteiger partial charge in [-0.15, -0.1) is 0 Å². The molecule has 0 bridgehead atoms. The number of hydrogen-bond acceptors (Lipinski definition) is 3. The average molecular weight is 297 g/mol. The Morgan fingerprint density at radius 3 is 2.95 bits per heavy atom. The minimum atomic E-state index is -0.341. The third kappa shape index (κ3) is 3.56. The van der Waals surface area contributed by atoms with Gasteiger partial charge in [0.2, 0.25) is 0 Å². The van der Waals surface area contributed by atoms with E-state index >= 15 is 0 Å². The Morgan fingerprint density at radius 2 is 2.30 bits per heavy atom. The molecule has 0 radical (unpaired) electrons. The monoisotopic (exact) mass is 296 g/mol. The first kappa shape index (κ1) is 15.0. The van der Waals surface area contributed by atoms with E-state index in [0.29, 0.717) is 11.4 Å². The van der Waals surface area contributed by atoms with E-state index in [1.165, 1.54) is 12.1 Å². The molecular weight excluding hydrogens is 279 g/mol. The number of aryl methyl sites for hydroxylation is 1. The Labute approximate surface area is 122 Å². The van der Waals surface area contributed by atoms with E-state index in [2.05, 4.69) is 17.4 Å². The van der Waals surface area contributed by atoms with Gasteiger partial charge in [0, 0.05) is 23.3 Å². The molecule has 0 spiro atoms. The van der Waals surface area contributed by atoms with Gasteiger partial charge in [-0.25, -0.2) is 4.39 Å². The smallest absolute Gasteiger partial charge is 0.124 e. The highest BCUT2D eigenvalue weighted by atomic mass is 35.5. The Hall–Kier alpha value is -1.43. The van der Waals surface area contributed by atoms with Crippen LogP contribution in [0, 0.1) is 5.82 Å². The number of halogens is 2. The molecule has 1 aromatic carbocycles. The van der Waals surface area contributed by atoms with Crippen LogP contribution < -0.4 is 11.3 Å². The van der Waals surface area contributed by atoms with Gasteiger partial charge in [0.05, 0.1) is 12.2 Å². The molecule has 1 aromatic heterocycles. The molecule has 3 N–H and O–H groups in total. The fraction of sp³-hybridized carbons (Fsp3) is 0.357. The summed E-state index contributed by atoms with van der Waals surface area (Å²) in [4.78, 5) is 0. The SMILES string of the molecule is CCCn1cc(C(Cc2ccc(F)cc2Cl)NN)cn1. The van der Waals surface area contributed by atoms with Crippen LogP contribution in [-0.4, -0.2) is 9.78 Å². The van der Waals surface area contributed by atoms with Gasteiger partial charge in [-0.1, -0.05) is 24.6 Å². The molecule has 1 heterocycles. The highest BCUT2D eigenvalue weighted by molar-refractivity contribution is 6.31. The van der Waals surface area contributed by atoms with Gasteiger partial charge in [-0.3, -0.25) is 16.0 Å². The third-order valence-corrected chi connectivity index (χ3v) is 3.50. The maximum absolute atomic E-state index is 13.0. The molecule has 0 aliphatic carbocycles. The van der Waals surface area contributed by atoms with Crippen LogP contribution in [-0.2, 0) is 13.0 Å². The van der Waals surface area contributed by atoms with Gasteiger partial charge in [-0.2, -0.15) is 5.10 Å². The molecule has 2 aromatic rings. The topological polar surface area (TPSA) is 55.9 Å². The van der Waals surface area contributed by atoms with Crippen LogP contribution in [0.5, 0.6) is 0 Å². The number of hydrogen-bond donors (Lipinski definition) is 2. The molecule has 1 atom stereocenters. The highest BCUT2D eigenvalue weighted by Crippen LogP contribution is 2.23. The van der Waals surface area contributed by atoms with E-state index in [9.17, 15) is 4.39 Å². The summed E-state index contributed by atoms with van der Waals surface area (Å²) in [5, 5.41) is 4.69. The molecule has 0 aliphatic rings. The third-order valence-electron chi connectivity index (χ3n) is 3.15. The second-order valence-corrected chi connectivity index (χ2v) is 5.10. The summed E-state index contributed by atoms with van der Waals surface area (Å²) in [6.07, 6.45) is 5.35. The van der Waals surface area contributed by atoms with Crippen LogP contribution in [0.4, 0.5) is 4.39 Å². The maximum Gasteiger partial charge on any atom is 0.124 e. The van der Waals surface area contributed by atoms with E-state index in [1.54, 1.807) is 12.3 Å². The lowest BCUT2D eigenvalue weighted by molar-refractivity contribution is 0.548. The second-order valence-electron chi connectivity index (χ2n) is 4.70. The van der Waals surface area contributed by atoms with Crippen molar-refractivity contribution in [2.24, 2.45) is 5.84 Å². The van der Waals surface area contributed by atoms with Gasteiger partial charge in [0.25, 0.3) is 0 Å². The zero-order chi connectivity index (χ0) is 14.5. The fourth-order valence-corrected chi connectivity index (χ4v) is 2.34.